The normalized spacial score (nSPS) is 15.2. The van der Waals surface area contributed by atoms with Gasteiger partial charge in [0.05, 0.1) is 0 Å². The third kappa shape index (κ3) is 6.69. The van der Waals surface area contributed by atoms with E-state index in [1.165, 1.54) is 11.3 Å². The number of aliphatic hydroxyl groups excluding tert-OH is 1. The fourth-order valence-corrected chi connectivity index (χ4v) is 4.44. The number of anilines is 1. The summed E-state index contributed by atoms with van der Waals surface area (Å²) in [7, 11) is 0. The second-order valence-corrected chi connectivity index (χ2v) is 8.98. The van der Waals surface area contributed by atoms with Crippen LogP contribution < -0.4 is 9.64 Å². The van der Waals surface area contributed by atoms with Gasteiger partial charge in [-0.05, 0) is 42.7 Å². The molecule has 0 amide bonds. The van der Waals surface area contributed by atoms with Gasteiger partial charge >= 0.3 is 0 Å². The Bertz CT molecular complexity index is 1060. The van der Waals surface area contributed by atoms with Gasteiger partial charge in [-0.1, -0.05) is 60.7 Å². The molecule has 1 aliphatic heterocycles. The van der Waals surface area contributed by atoms with Crippen molar-refractivity contribution >= 4 is 11.5 Å². The number of carbonyl (C=O) groups is 1. The zero-order valence-corrected chi connectivity index (χ0v) is 19.9. The predicted octanol–water partition coefficient (Wildman–Crippen LogP) is 4.37. The summed E-state index contributed by atoms with van der Waals surface area (Å²) in [5, 5.41) is 10.5. The van der Waals surface area contributed by atoms with E-state index in [-0.39, 0.29) is 12.4 Å². The molecule has 34 heavy (non-hydrogen) atoms. The first-order valence-electron chi connectivity index (χ1n) is 12.1. The Morgan fingerprint density at radius 2 is 1.68 bits per heavy atom. The first kappa shape index (κ1) is 24.0. The van der Waals surface area contributed by atoms with E-state index in [2.05, 4.69) is 41.0 Å². The first-order valence-corrected chi connectivity index (χ1v) is 12.1. The summed E-state index contributed by atoms with van der Waals surface area (Å²) in [4.78, 5) is 17.3. The number of para-hydroxylation sites is 1. The quantitative estimate of drug-likeness (QED) is 0.457. The minimum atomic E-state index is -0.581. The first-order chi connectivity index (χ1) is 16.6. The molecule has 1 fully saturated rings. The van der Waals surface area contributed by atoms with Gasteiger partial charge in [0.2, 0.25) is 0 Å². The van der Waals surface area contributed by atoms with Gasteiger partial charge in [-0.2, -0.15) is 0 Å². The molecule has 0 saturated carbocycles. The van der Waals surface area contributed by atoms with E-state index in [9.17, 15) is 9.90 Å². The Morgan fingerprint density at radius 3 is 2.44 bits per heavy atom. The number of hydrogen-bond donors (Lipinski definition) is 1. The maximum absolute atomic E-state index is 12.6. The molecule has 0 radical (unpaired) electrons. The van der Waals surface area contributed by atoms with Crippen LogP contribution in [0.15, 0.2) is 78.9 Å². The number of piperazine rings is 1. The zero-order valence-electron chi connectivity index (χ0n) is 19.9. The van der Waals surface area contributed by atoms with Crippen LogP contribution in [-0.4, -0.2) is 61.2 Å². The molecule has 0 aromatic heterocycles. The van der Waals surface area contributed by atoms with Gasteiger partial charge in [-0.3, -0.25) is 9.69 Å². The summed E-state index contributed by atoms with van der Waals surface area (Å²) in [5.74, 6) is 0.718. The van der Waals surface area contributed by atoms with Crippen LogP contribution in [0.5, 0.6) is 5.75 Å². The van der Waals surface area contributed by atoms with Gasteiger partial charge in [0.25, 0.3) is 0 Å². The van der Waals surface area contributed by atoms with E-state index in [1.807, 2.05) is 48.5 Å². The average Bonchev–Trinajstić information content (AvgIpc) is 2.88. The van der Waals surface area contributed by atoms with Crippen molar-refractivity contribution in [3.05, 3.63) is 95.6 Å². The number of nitrogens with zero attached hydrogens (tertiary/aromatic N) is 2. The zero-order chi connectivity index (χ0) is 23.8. The molecule has 1 atom stereocenters. The number of hydrogen-bond acceptors (Lipinski definition) is 5. The minimum absolute atomic E-state index is 0.0985. The van der Waals surface area contributed by atoms with Crippen LogP contribution >= 0.6 is 0 Å². The molecule has 1 aliphatic rings. The largest absolute Gasteiger partial charge is 0.491 e. The predicted molar refractivity (Wildman–Crippen MR) is 137 cm³/mol. The lowest BCUT2D eigenvalue weighted by molar-refractivity contribution is 0.0662. The van der Waals surface area contributed by atoms with Gasteiger partial charge in [-0.15, -0.1) is 0 Å². The van der Waals surface area contributed by atoms with E-state index >= 15 is 0 Å². The molecule has 3 aromatic rings. The molecule has 3 aromatic carbocycles. The van der Waals surface area contributed by atoms with Gasteiger partial charge in [0, 0.05) is 50.4 Å². The second kappa shape index (κ2) is 11.8. The lowest BCUT2D eigenvalue weighted by Gasteiger charge is -2.37. The monoisotopic (exact) mass is 458 g/mol. The summed E-state index contributed by atoms with van der Waals surface area (Å²) < 4.78 is 5.83. The van der Waals surface area contributed by atoms with Gasteiger partial charge in [0.15, 0.2) is 5.78 Å². The Kier molecular flexibility index (Phi) is 8.34. The van der Waals surface area contributed by atoms with E-state index in [4.69, 9.17) is 4.74 Å². The van der Waals surface area contributed by atoms with Crippen LogP contribution in [0.1, 0.15) is 27.9 Å². The smallest absolute Gasteiger partial charge is 0.163 e. The Morgan fingerprint density at radius 1 is 0.941 bits per heavy atom. The van der Waals surface area contributed by atoms with E-state index in [0.29, 0.717) is 24.3 Å². The highest BCUT2D eigenvalue weighted by atomic mass is 16.5. The molecule has 0 unspecified atom stereocenters. The fraction of sp³-hybridized carbons (Fsp3) is 0.345. The van der Waals surface area contributed by atoms with Crippen molar-refractivity contribution in [1.82, 2.24) is 4.90 Å². The fourth-order valence-electron chi connectivity index (χ4n) is 4.44. The minimum Gasteiger partial charge on any atom is -0.491 e. The lowest BCUT2D eigenvalue weighted by Crippen LogP contribution is -2.49. The van der Waals surface area contributed by atoms with Crippen molar-refractivity contribution in [2.45, 2.75) is 25.9 Å². The van der Waals surface area contributed by atoms with Crippen molar-refractivity contribution in [2.75, 3.05) is 44.2 Å². The number of β-amino-alcohol motifs (C(OH)–C–C–N with tert-alkyl or cyclic N) is 1. The standard InChI is InChI=1S/C29H34N2O3/c1-23-8-5-6-13-28(23)31-18-16-30(17-19-31)21-26(32)22-34-27-12-7-11-25(20-27)29(33)15-14-24-9-3-2-4-10-24/h2-13,20,26,32H,14-19,21-22H2,1H3/t26-/m1/s1. The van der Waals surface area contributed by atoms with Crippen molar-refractivity contribution in [1.29, 1.82) is 0 Å². The van der Waals surface area contributed by atoms with Crippen molar-refractivity contribution in [3.63, 3.8) is 0 Å². The molecule has 5 heteroatoms. The van der Waals surface area contributed by atoms with Crippen LogP contribution in [0.25, 0.3) is 0 Å². The SMILES string of the molecule is Cc1ccccc1N1CCN(C[C@@H](O)COc2cccc(C(=O)CCc3ccccc3)c2)CC1. The van der Waals surface area contributed by atoms with E-state index in [1.54, 1.807) is 6.07 Å². The number of Topliss-reactive ketones (excluding diaryl/α,β-unsaturated/α-hetero) is 1. The van der Waals surface area contributed by atoms with E-state index in [0.717, 1.165) is 38.2 Å². The highest BCUT2D eigenvalue weighted by Gasteiger charge is 2.20. The van der Waals surface area contributed by atoms with Crippen LogP contribution in [0.2, 0.25) is 0 Å². The molecular formula is C29H34N2O3. The molecule has 0 spiro atoms. The number of aliphatic hydroxyl groups is 1. The number of benzene rings is 3. The molecule has 1 N–H and O–H groups in total. The van der Waals surface area contributed by atoms with Crippen LogP contribution in [0.4, 0.5) is 5.69 Å². The van der Waals surface area contributed by atoms with Crippen molar-refractivity contribution in [2.24, 2.45) is 0 Å². The second-order valence-electron chi connectivity index (χ2n) is 8.98. The summed E-state index contributed by atoms with van der Waals surface area (Å²) >= 11 is 0. The number of ether oxygens (including phenoxy) is 1. The van der Waals surface area contributed by atoms with Crippen LogP contribution in [0.3, 0.4) is 0 Å². The molecule has 0 bridgehead atoms. The topological polar surface area (TPSA) is 53.0 Å². The van der Waals surface area contributed by atoms with Crippen LogP contribution in [0, 0.1) is 6.92 Å². The highest BCUT2D eigenvalue weighted by Crippen LogP contribution is 2.21. The highest BCUT2D eigenvalue weighted by molar-refractivity contribution is 5.96. The molecule has 4 rings (SSSR count). The Labute approximate surface area is 202 Å². The van der Waals surface area contributed by atoms with Gasteiger partial charge in [-0.25, -0.2) is 0 Å². The number of aryl methyl sites for hydroxylation is 2. The maximum Gasteiger partial charge on any atom is 0.163 e. The number of ketones is 1. The summed E-state index contributed by atoms with van der Waals surface area (Å²) in [5.41, 5.74) is 4.40. The number of carbonyl (C=O) groups excluding carboxylic acids is 1. The maximum atomic E-state index is 12.6. The Balaban J connectivity index is 1.21. The third-order valence-corrected chi connectivity index (χ3v) is 6.38. The molecule has 1 saturated heterocycles. The van der Waals surface area contributed by atoms with Crippen molar-refractivity contribution in [3.8, 4) is 5.75 Å². The van der Waals surface area contributed by atoms with Crippen LogP contribution in [-0.2, 0) is 6.42 Å². The molecule has 0 aliphatic carbocycles. The Hall–Kier alpha value is -3.15. The molecule has 5 nitrogen and oxygen atoms in total. The van der Waals surface area contributed by atoms with Gasteiger partial charge < -0.3 is 14.7 Å². The average molecular weight is 459 g/mol. The lowest BCUT2D eigenvalue weighted by atomic mass is 10.0. The van der Waals surface area contributed by atoms with E-state index < -0.39 is 6.10 Å². The van der Waals surface area contributed by atoms with Gasteiger partial charge in [0.1, 0.15) is 18.5 Å². The third-order valence-electron chi connectivity index (χ3n) is 6.38. The number of rotatable bonds is 10. The molecule has 178 valence electrons. The molecular weight excluding hydrogens is 424 g/mol. The van der Waals surface area contributed by atoms with Crippen molar-refractivity contribution < 1.29 is 14.6 Å². The summed E-state index contributed by atoms with van der Waals surface area (Å²) in [6.07, 6.45) is 0.605. The molecule has 1 heterocycles. The summed E-state index contributed by atoms with van der Waals surface area (Å²) in [6, 6.07) is 25.8. The summed E-state index contributed by atoms with van der Waals surface area (Å²) in [6.45, 7) is 6.66.